The number of carbonyl (C=O) groups excluding carboxylic acids is 1. The number of hydrogen-bond acceptors (Lipinski definition) is 2. The molecule has 1 fully saturated rings. The van der Waals surface area contributed by atoms with E-state index in [0.717, 1.165) is 11.3 Å². The van der Waals surface area contributed by atoms with Gasteiger partial charge in [0, 0.05) is 18.2 Å². The lowest BCUT2D eigenvalue weighted by Crippen LogP contribution is -2.01. The highest BCUT2D eigenvalue weighted by atomic mass is 16.1. The van der Waals surface area contributed by atoms with Crippen molar-refractivity contribution in [2.45, 2.75) is 45.6 Å². The van der Waals surface area contributed by atoms with E-state index in [-0.39, 0.29) is 5.78 Å². The van der Waals surface area contributed by atoms with Gasteiger partial charge in [0.1, 0.15) is 0 Å². The molecule has 0 aliphatic heterocycles. The van der Waals surface area contributed by atoms with Gasteiger partial charge in [-0.05, 0) is 33.6 Å². The van der Waals surface area contributed by atoms with Gasteiger partial charge >= 0.3 is 0 Å². The number of hydrogen-bond donors (Lipinski definition) is 0. The lowest BCUT2D eigenvalue weighted by atomic mass is 10.1. The molecule has 0 saturated heterocycles. The van der Waals surface area contributed by atoms with Crippen LogP contribution < -0.4 is 0 Å². The highest BCUT2D eigenvalue weighted by molar-refractivity contribution is 5.95. The van der Waals surface area contributed by atoms with Crippen molar-refractivity contribution < 1.29 is 4.79 Å². The molecule has 1 aromatic rings. The molecule has 0 radical (unpaired) electrons. The van der Waals surface area contributed by atoms with Crippen LogP contribution in [0, 0.1) is 0 Å². The van der Waals surface area contributed by atoms with Crippen molar-refractivity contribution in [2.24, 2.45) is 0 Å². The normalized spacial score (nSPS) is 16.3. The van der Waals surface area contributed by atoms with Crippen LogP contribution in [-0.4, -0.2) is 15.6 Å². The third-order valence-corrected chi connectivity index (χ3v) is 2.63. The molecule has 3 nitrogen and oxygen atoms in total. The second-order valence-corrected chi connectivity index (χ2v) is 4.33. The van der Waals surface area contributed by atoms with Gasteiger partial charge in [-0.3, -0.25) is 9.48 Å². The second kappa shape index (κ2) is 3.23. The minimum Gasteiger partial charge on any atom is -0.294 e. The van der Waals surface area contributed by atoms with Crippen molar-refractivity contribution in [3.63, 3.8) is 0 Å². The van der Waals surface area contributed by atoms with Crippen LogP contribution in [0.4, 0.5) is 0 Å². The average Bonchev–Trinajstić information content (AvgIpc) is 2.83. The van der Waals surface area contributed by atoms with Crippen molar-refractivity contribution in [1.82, 2.24) is 9.78 Å². The monoisotopic (exact) mass is 192 g/mol. The van der Waals surface area contributed by atoms with Crippen molar-refractivity contribution in [2.75, 3.05) is 0 Å². The van der Waals surface area contributed by atoms with E-state index in [1.807, 2.05) is 10.9 Å². The van der Waals surface area contributed by atoms with Crippen LogP contribution in [0.3, 0.4) is 0 Å². The molecule has 14 heavy (non-hydrogen) atoms. The Labute approximate surface area is 84.1 Å². The minimum atomic E-state index is 0.138. The maximum absolute atomic E-state index is 11.4. The van der Waals surface area contributed by atoms with Crippen LogP contribution in [0.25, 0.3) is 0 Å². The summed E-state index contributed by atoms with van der Waals surface area (Å²) in [4.78, 5) is 11.4. The molecule has 1 aromatic heterocycles. The van der Waals surface area contributed by atoms with Gasteiger partial charge in [0.15, 0.2) is 5.78 Å². The fraction of sp³-hybridized carbons (Fsp3) is 0.636. The van der Waals surface area contributed by atoms with E-state index in [4.69, 9.17) is 0 Å². The number of carbonyl (C=O) groups is 1. The molecule has 1 aliphatic carbocycles. The Hall–Kier alpha value is -1.12. The van der Waals surface area contributed by atoms with E-state index < -0.39 is 0 Å². The van der Waals surface area contributed by atoms with Crippen molar-refractivity contribution >= 4 is 5.78 Å². The van der Waals surface area contributed by atoms with Crippen LogP contribution in [0.2, 0.25) is 0 Å². The molecule has 0 unspecified atom stereocenters. The molecule has 1 saturated carbocycles. The summed E-state index contributed by atoms with van der Waals surface area (Å²) in [6.07, 6.45) is 4.27. The maximum Gasteiger partial charge on any atom is 0.163 e. The lowest BCUT2D eigenvalue weighted by molar-refractivity contribution is 0.101. The number of aromatic nitrogens is 2. The molecule has 0 amide bonds. The lowest BCUT2D eigenvalue weighted by Gasteiger charge is -2.02. The first-order valence-electron chi connectivity index (χ1n) is 5.19. The zero-order chi connectivity index (χ0) is 10.3. The third kappa shape index (κ3) is 1.59. The highest BCUT2D eigenvalue weighted by Crippen LogP contribution is 2.41. The Morgan fingerprint density at radius 2 is 2.21 bits per heavy atom. The van der Waals surface area contributed by atoms with Gasteiger partial charge in [-0.2, -0.15) is 5.10 Å². The van der Waals surface area contributed by atoms with Crippen LogP contribution >= 0.6 is 0 Å². The van der Waals surface area contributed by atoms with Gasteiger partial charge < -0.3 is 0 Å². The molecule has 1 heterocycles. The van der Waals surface area contributed by atoms with E-state index in [1.165, 1.54) is 12.8 Å². The summed E-state index contributed by atoms with van der Waals surface area (Å²) in [5.41, 5.74) is 1.84. The molecule has 2 rings (SSSR count). The Morgan fingerprint density at radius 3 is 2.64 bits per heavy atom. The summed E-state index contributed by atoms with van der Waals surface area (Å²) in [6.45, 7) is 5.77. The molecular weight excluding hydrogens is 176 g/mol. The SMILES string of the molecule is CC(=O)c1cn(C(C)C)nc1C1CC1. The Kier molecular flexibility index (Phi) is 2.17. The quantitative estimate of drug-likeness (QED) is 0.690. The molecule has 3 heteroatoms. The topological polar surface area (TPSA) is 34.9 Å². The van der Waals surface area contributed by atoms with Crippen LogP contribution in [-0.2, 0) is 0 Å². The van der Waals surface area contributed by atoms with Crippen LogP contribution in [0.1, 0.15) is 61.6 Å². The maximum atomic E-state index is 11.4. The first-order valence-corrected chi connectivity index (χ1v) is 5.19. The Bertz CT molecular complexity index is 361. The average molecular weight is 192 g/mol. The van der Waals surface area contributed by atoms with Gasteiger partial charge in [-0.15, -0.1) is 0 Å². The van der Waals surface area contributed by atoms with Crippen molar-refractivity contribution in [3.8, 4) is 0 Å². The molecule has 0 spiro atoms. The van der Waals surface area contributed by atoms with E-state index in [2.05, 4.69) is 18.9 Å². The van der Waals surface area contributed by atoms with Gasteiger partial charge in [0.05, 0.1) is 11.3 Å². The summed E-state index contributed by atoms with van der Waals surface area (Å²) in [7, 11) is 0. The number of rotatable bonds is 3. The number of Topliss-reactive ketones (excluding diaryl/α,β-unsaturated/α-hetero) is 1. The predicted molar refractivity (Wildman–Crippen MR) is 54.6 cm³/mol. The van der Waals surface area contributed by atoms with Crippen molar-refractivity contribution in [3.05, 3.63) is 17.5 Å². The van der Waals surface area contributed by atoms with Gasteiger partial charge in [0.2, 0.25) is 0 Å². The molecule has 76 valence electrons. The fourth-order valence-electron chi connectivity index (χ4n) is 1.60. The largest absolute Gasteiger partial charge is 0.294 e. The molecule has 0 atom stereocenters. The van der Waals surface area contributed by atoms with E-state index in [0.29, 0.717) is 12.0 Å². The zero-order valence-corrected chi connectivity index (χ0v) is 8.95. The number of nitrogens with zero attached hydrogens (tertiary/aromatic N) is 2. The minimum absolute atomic E-state index is 0.138. The van der Waals surface area contributed by atoms with Crippen molar-refractivity contribution in [1.29, 1.82) is 0 Å². The van der Waals surface area contributed by atoms with E-state index in [9.17, 15) is 4.79 Å². The fourth-order valence-corrected chi connectivity index (χ4v) is 1.60. The molecule has 0 N–H and O–H groups in total. The zero-order valence-electron chi connectivity index (χ0n) is 8.95. The predicted octanol–water partition coefficient (Wildman–Crippen LogP) is 2.54. The van der Waals surface area contributed by atoms with Gasteiger partial charge in [-0.1, -0.05) is 0 Å². The summed E-state index contributed by atoms with van der Waals surface area (Å²) >= 11 is 0. The Balaban J connectivity index is 2.40. The van der Waals surface area contributed by atoms with Crippen LogP contribution in [0.15, 0.2) is 6.20 Å². The number of ketones is 1. The van der Waals surface area contributed by atoms with Gasteiger partial charge in [-0.25, -0.2) is 0 Å². The first kappa shape index (κ1) is 9.44. The van der Waals surface area contributed by atoms with E-state index >= 15 is 0 Å². The first-order chi connectivity index (χ1) is 6.59. The highest BCUT2D eigenvalue weighted by Gasteiger charge is 2.30. The molecule has 0 aromatic carbocycles. The van der Waals surface area contributed by atoms with Crippen LogP contribution in [0.5, 0.6) is 0 Å². The standard InChI is InChI=1S/C11H16N2O/c1-7(2)13-6-10(8(3)14)11(12-13)9-4-5-9/h6-7,9H,4-5H2,1-3H3. The third-order valence-electron chi connectivity index (χ3n) is 2.63. The van der Waals surface area contributed by atoms with E-state index in [1.54, 1.807) is 6.92 Å². The summed E-state index contributed by atoms with van der Waals surface area (Å²) in [6, 6.07) is 0.334. The second-order valence-electron chi connectivity index (χ2n) is 4.33. The Morgan fingerprint density at radius 1 is 1.57 bits per heavy atom. The molecule has 1 aliphatic rings. The summed E-state index contributed by atoms with van der Waals surface area (Å²) in [5, 5.41) is 4.49. The summed E-state index contributed by atoms with van der Waals surface area (Å²) < 4.78 is 1.89. The molecule has 0 bridgehead atoms. The molecular formula is C11H16N2O. The summed E-state index contributed by atoms with van der Waals surface area (Å²) in [5.74, 6) is 0.688. The smallest absolute Gasteiger partial charge is 0.163 e. The van der Waals surface area contributed by atoms with Gasteiger partial charge in [0.25, 0.3) is 0 Å².